The monoisotopic (exact) mass is 414 g/mol. The first-order valence-corrected chi connectivity index (χ1v) is 10.2. The Morgan fingerprint density at radius 1 is 1.37 bits per heavy atom. The summed E-state index contributed by atoms with van der Waals surface area (Å²) in [6.45, 7) is 7.27. The zero-order valence-electron chi connectivity index (χ0n) is 17.4. The number of piperidine rings is 3. The molecular weight excluding hydrogens is 384 g/mol. The van der Waals surface area contributed by atoms with Crippen LogP contribution in [0.3, 0.4) is 0 Å². The Morgan fingerprint density at radius 3 is 2.67 bits per heavy atom. The zero-order valence-corrected chi connectivity index (χ0v) is 17.4. The lowest BCUT2D eigenvalue weighted by Gasteiger charge is -2.50. The van der Waals surface area contributed by atoms with Crippen LogP contribution < -0.4 is 4.74 Å². The highest BCUT2D eigenvalue weighted by atomic mass is 16.5. The van der Waals surface area contributed by atoms with Crippen molar-refractivity contribution >= 4 is 16.9 Å². The zero-order chi connectivity index (χ0) is 21.8. The van der Waals surface area contributed by atoms with Gasteiger partial charge in [0.15, 0.2) is 0 Å². The third kappa shape index (κ3) is 4.64. The smallest absolute Gasteiger partial charge is 0.332 e. The molecule has 3 fully saturated rings. The van der Waals surface area contributed by atoms with Crippen molar-refractivity contribution in [1.82, 2.24) is 9.88 Å². The molecule has 0 amide bonds. The molecule has 6 atom stereocenters. The molecule has 2 aromatic rings. The summed E-state index contributed by atoms with van der Waals surface area (Å²) in [6, 6.07) is 7.96. The van der Waals surface area contributed by atoms with Crippen molar-refractivity contribution in [3.05, 3.63) is 48.7 Å². The minimum absolute atomic E-state index is 0.178. The van der Waals surface area contributed by atoms with E-state index in [9.17, 15) is 9.90 Å². The number of hydrogen-bond acceptors (Lipinski definition) is 6. The highest BCUT2D eigenvalue weighted by Crippen LogP contribution is 2.42. The average Bonchev–Trinajstić information content (AvgIpc) is 2.78. The van der Waals surface area contributed by atoms with E-state index in [4.69, 9.17) is 14.9 Å². The van der Waals surface area contributed by atoms with Gasteiger partial charge in [-0.1, -0.05) is 6.08 Å². The number of aliphatic carboxylic acids is 1. The van der Waals surface area contributed by atoms with Gasteiger partial charge >= 0.3 is 5.97 Å². The van der Waals surface area contributed by atoms with Crippen molar-refractivity contribution in [2.75, 3.05) is 20.2 Å². The molecule has 3 N–H and O–H groups in total. The summed E-state index contributed by atoms with van der Waals surface area (Å²) < 4.78 is 5.35. The van der Waals surface area contributed by atoms with Crippen LogP contribution in [-0.4, -0.2) is 63.5 Å². The molecule has 7 heteroatoms. The standard InChI is InChI=1S/C20H24N2O2.C3H6O3/c1-3-13-12-22-9-7-14(13)10-19(22)20(23)16-6-8-21-18-5-4-15(24-2)11-17(16)18;1-2(4)3(5)6/h3-6,8,11,13-14,19-20,23H,1,7,9-10,12H2,2H3;2,4H,1H3,(H,5,6)/t13-,14-,19-,20+;/m0./s1. The predicted octanol–water partition coefficient (Wildman–Crippen LogP) is 2.63. The number of rotatable bonds is 5. The summed E-state index contributed by atoms with van der Waals surface area (Å²) in [7, 11) is 1.66. The first-order valence-electron chi connectivity index (χ1n) is 10.2. The predicted molar refractivity (Wildman–Crippen MR) is 114 cm³/mol. The maximum Gasteiger partial charge on any atom is 0.332 e. The third-order valence-corrected chi connectivity index (χ3v) is 6.18. The Balaban J connectivity index is 0.000000377. The quantitative estimate of drug-likeness (QED) is 0.646. The molecule has 30 heavy (non-hydrogen) atoms. The number of aliphatic hydroxyl groups excluding tert-OH is 2. The van der Waals surface area contributed by atoms with Crippen molar-refractivity contribution in [3.8, 4) is 5.75 Å². The second-order valence-electron chi connectivity index (χ2n) is 7.99. The first kappa shape index (κ1) is 22.2. The van der Waals surface area contributed by atoms with Gasteiger partial charge in [0.25, 0.3) is 0 Å². The van der Waals surface area contributed by atoms with Crippen LogP contribution in [0.4, 0.5) is 0 Å². The van der Waals surface area contributed by atoms with Gasteiger partial charge < -0.3 is 20.1 Å². The molecule has 0 spiro atoms. The summed E-state index contributed by atoms with van der Waals surface area (Å²) in [5.41, 5.74) is 1.85. The molecule has 1 unspecified atom stereocenters. The highest BCUT2D eigenvalue weighted by molar-refractivity contribution is 5.84. The maximum absolute atomic E-state index is 11.2. The third-order valence-electron chi connectivity index (χ3n) is 6.18. The van der Waals surface area contributed by atoms with E-state index in [1.807, 2.05) is 24.3 Å². The molecule has 3 aliphatic heterocycles. The Morgan fingerprint density at radius 2 is 2.10 bits per heavy atom. The molecule has 4 heterocycles. The summed E-state index contributed by atoms with van der Waals surface area (Å²) in [4.78, 5) is 16.3. The number of aliphatic hydroxyl groups is 2. The van der Waals surface area contributed by atoms with Gasteiger partial charge in [-0.2, -0.15) is 0 Å². The number of carbonyl (C=O) groups is 1. The van der Waals surface area contributed by atoms with Crippen LogP contribution in [0.2, 0.25) is 0 Å². The molecule has 1 aromatic heterocycles. The number of carboxylic acids is 1. The van der Waals surface area contributed by atoms with Crippen molar-refractivity contribution in [1.29, 1.82) is 0 Å². The maximum atomic E-state index is 11.2. The number of benzene rings is 1. The molecule has 3 saturated heterocycles. The number of aromatic nitrogens is 1. The van der Waals surface area contributed by atoms with Crippen LogP contribution in [0.5, 0.6) is 5.75 Å². The van der Waals surface area contributed by atoms with Crippen molar-refractivity contribution in [3.63, 3.8) is 0 Å². The van der Waals surface area contributed by atoms with Crippen molar-refractivity contribution in [2.45, 2.75) is 38.0 Å². The van der Waals surface area contributed by atoms with Gasteiger partial charge in [0.05, 0.1) is 18.7 Å². The number of carboxylic acid groups (broad SMARTS) is 1. The molecule has 0 aliphatic carbocycles. The largest absolute Gasteiger partial charge is 0.497 e. The van der Waals surface area contributed by atoms with Crippen LogP contribution in [0.25, 0.3) is 10.9 Å². The van der Waals surface area contributed by atoms with Crippen LogP contribution in [0.1, 0.15) is 31.4 Å². The lowest BCUT2D eigenvalue weighted by molar-refractivity contribution is -0.145. The van der Waals surface area contributed by atoms with Gasteiger partial charge in [-0.15, -0.1) is 6.58 Å². The van der Waals surface area contributed by atoms with E-state index in [-0.39, 0.29) is 6.04 Å². The number of methoxy groups -OCH3 is 1. The fraction of sp³-hybridized carbons (Fsp3) is 0.478. The Hall–Kier alpha value is -2.48. The SMILES string of the molecule is C=C[C@H]1C[N@]2CC[C@H]1C[C@H]2[C@H](O)c1ccnc2ccc(OC)cc12.CC(O)C(=O)O. The fourth-order valence-electron chi connectivity index (χ4n) is 4.44. The number of hydrogen-bond donors (Lipinski definition) is 3. The molecular formula is C23H30N2O5. The van der Waals surface area contributed by atoms with Gasteiger partial charge in [-0.05, 0) is 68.0 Å². The van der Waals surface area contributed by atoms with Crippen molar-refractivity contribution in [2.24, 2.45) is 11.8 Å². The molecule has 0 saturated carbocycles. The fourth-order valence-corrected chi connectivity index (χ4v) is 4.44. The average molecular weight is 415 g/mol. The van der Waals surface area contributed by atoms with E-state index in [2.05, 4.69) is 22.5 Å². The van der Waals surface area contributed by atoms with Crippen LogP contribution in [-0.2, 0) is 4.79 Å². The first-order chi connectivity index (χ1) is 14.3. The van der Waals surface area contributed by atoms with Gasteiger partial charge in [0.2, 0.25) is 0 Å². The van der Waals surface area contributed by atoms with E-state index in [1.165, 1.54) is 13.3 Å². The number of ether oxygens (including phenoxy) is 1. The van der Waals surface area contributed by atoms with E-state index >= 15 is 0 Å². The minimum atomic E-state index is -1.23. The molecule has 5 rings (SSSR count). The topological polar surface area (TPSA) is 103 Å². The molecule has 1 aromatic carbocycles. The summed E-state index contributed by atoms with van der Waals surface area (Å²) >= 11 is 0. The normalized spacial score (nSPS) is 26.9. The lowest BCUT2D eigenvalue weighted by Crippen LogP contribution is -2.54. The highest BCUT2D eigenvalue weighted by Gasteiger charge is 2.42. The summed E-state index contributed by atoms with van der Waals surface area (Å²) in [5.74, 6) is 0.822. The Bertz CT molecular complexity index is 900. The molecule has 2 bridgehead atoms. The molecule has 0 radical (unpaired) electrons. The van der Waals surface area contributed by atoms with Gasteiger partial charge in [0.1, 0.15) is 11.9 Å². The minimum Gasteiger partial charge on any atom is -0.497 e. The second kappa shape index (κ2) is 9.55. The van der Waals surface area contributed by atoms with Crippen LogP contribution in [0, 0.1) is 11.8 Å². The van der Waals surface area contributed by atoms with Crippen LogP contribution in [0.15, 0.2) is 43.1 Å². The summed E-state index contributed by atoms with van der Waals surface area (Å²) in [6.07, 6.45) is 4.39. The Kier molecular flexibility index (Phi) is 7.07. The lowest BCUT2D eigenvalue weighted by atomic mass is 9.73. The number of fused-ring (bicyclic) bond motifs is 4. The molecule has 3 aliphatic rings. The van der Waals surface area contributed by atoms with E-state index in [1.54, 1.807) is 13.3 Å². The molecule has 162 valence electrons. The number of pyridine rings is 1. The van der Waals surface area contributed by atoms with Gasteiger partial charge in [0, 0.05) is 24.2 Å². The summed E-state index contributed by atoms with van der Waals surface area (Å²) in [5, 5.41) is 27.9. The second-order valence-corrected chi connectivity index (χ2v) is 7.99. The number of nitrogens with zero attached hydrogens (tertiary/aromatic N) is 2. The Labute approximate surface area is 176 Å². The van der Waals surface area contributed by atoms with Crippen molar-refractivity contribution < 1.29 is 24.9 Å². The molecule has 7 nitrogen and oxygen atoms in total. The van der Waals surface area contributed by atoms with Gasteiger partial charge in [-0.3, -0.25) is 9.88 Å². The van der Waals surface area contributed by atoms with E-state index in [0.29, 0.717) is 11.8 Å². The van der Waals surface area contributed by atoms with E-state index < -0.39 is 18.2 Å². The van der Waals surface area contributed by atoms with Crippen LogP contribution >= 0.6 is 0 Å². The van der Waals surface area contributed by atoms with Gasteiger partial charge in [-0.25, -0.2) is 4.79 Å². The van der Waals surface area contributed by atoms with E-state index in [0.717, 1.165) is 41.7 Å².